The minimum atomic E-state index is -4.64. The summed E-state index contributed by atoms with van der Waals surface area (Å²) >= 11 is 5.55. The molecule has 0 saturated heterocycles. The van der Waals surface area contributed by atoms with E-state index in [0.717, 1.165) is 25.0 Å². The number of hydrogen-bond donors (Lipinski definition) is 2. The molecular weight excluding hydrogens is 371 g/mol. The van der Waals surface area contributed by atoms with Gasteiger partial charge in [-0.15, -0.1) is 0 Å². The lowest BCUT2D eigenvalue weighted by Crippen LogP contribution is -2.26. The molecule has 0 aliphatic heterocycles. The molecule has 136 valence electrons. The summed E-state index contributed by atoms with van der Waals surface area (Å²) in [6.45, 7) is 0. The van der Waals surface area contributed by atoms with Crippen LogP contribution in [-0.2, 0) is 6.18 Å². The van der Waals surface area contributed by atoms with Crippen molar-refractivity contribution >= 4 is 29.1 Å². The molecule has 2 aromatic rings. The normalized spacial score (nSPS) is 14.0. The average Bonchev–Trinajstić information content (AvgIpc) is 3.39. The molecule has 1 fully saturated rings. The molecule has 0 radical (unpaired) electrons. The third-order valence-electron chi connectivity index (χ3n) is 3.70. The second kappa shape index (κ2) is 6.95. The number of amides is 2. The minimum absolute atomic E-state index is 0.0625. The highest BCUT2D eigenvalue weighted by Crippen LogP contribution is 2.36. The van der Waals surface area contributed by atoms with E-state index in [2.05, 4.69) is 15.6 Å². The Morgan fingerprint density at radius 3 is 2.50 bits per heavy atom. The lowest BCUT2D eigenvalue weighted by atomic mass is 10.1. The van der Waals surface area contributed by atoms with Crippen molar-refractivity contribution < 1.29 is 22.8 Å². The molecule has 26 heavy (non-hydrogen) atoms. The molecule has 1 aromatic heterocycles. The van der Waals surface area contributed by atoms with Crippen molar-refractivity contribution in [1.29, 1.82) is 0 Å². The van der Waals surface area contributed by atoms with Crippen LogP contribution in [0.25, 0.3) is 0 Å². The number of carbonyl (C=O) groups excluding carboxylic acids is 2. The number of halogens is 4. The molecule has 0 atom stereocenters. The second-order valence-electron chi connectivity index (χ2n) is 5.82. The first-order valence-corrected chi connectivity index (χ1v) is 8.07. The number of nitrogens with zero attached hydrogens (tertiary/aromatic N) is 1. The summed E-state index contributed by atoms with van der Waals surface area (Å²) in [7, 11) is 0. The number of anilines is 1. The van der Waals surface area contributed by atoms with Crippen molar-refractivity contribution in [2.75, 3.05) is 5.32 Å². The number of alkyl halides is 3. The van der Waals surface area contributed by atoms with E-state index in [9.17, 15) is 22.8 Å². The van der Waals surface area contributed by atoms with Gasteiger partial charge in [-0.1, -0.05) is 11.6 Å². The van der Waals surface area contributed by atoms with Crippen LogP contribution in [0.5, 0.6) is 0 Å². The van der Waals surface area contributed by atoms with Crippen molar-refractivity contribution in [3.63, 3.8) is 0 Å². The highest BCUT2D eigenvalue weighted by Gasteiger charge is 2.33. The average molecular weight is 384 g/mol. The van der Waals surface area contributed by atoms with Crippen molar-refractivity contribution in [2.45, 2.75) is 25.1 Å². The van der Waals surface area contributed by atoms with Gasteiger partial charge in [-0.2, -0.15) is 13.2 Å². The maximum Gasteiger partial charge on any atom is 0.417 e. The van der Waals surface area contributed by atoms with Crippen LogP contribution in [0.2, 0.25) is 5.02 Å². The molecule has 1 aromatic carbocycles. The summed E-state index contributed by atoms with van der Waals surface area (Å²) < 4.78 is 38.7. The van der Waals surface area contributed by atoms with Crippen molar-refractivity contribution in [3.05, 3.63) is 58.4 Å². The summed E-state index contributed by atoms with van der Waals surface area (Å²) in [5.74, 6) is -1.06. The first-order valence-electron chi connectivity index (χ1n) is 7.69. The predicted octanol–water partition coefficient (Wildman–Crippen LogP) is 3.90. The fourth-order valence-corrected chi connectivity index (χ4v) is 2.43. The lowest BCUT2D eigenvalue weighted by Gasteiger charge is -2.12. The SMILES string of the molecule is O=C(Nc1ccc(Cl)c(C(F)(F)F)c1)c1ccnc(C(=O)NC2CC2)c1. The van der Waals surface area contributed by atoms with E-state index in [0.29, 0.717) is 0 Å². The van der Waals surface area contributed by atoms with E-state index in [4.69, 9.17) is 11.6 Å². The van der Waals surface area contributed by atoms with Gasteiger partial charge >= 0.3 is 6.18 Å². The zero-order chi connectivity index (χ0) is 18.9. The van der Waals surface area contributed by atoms with Gasteiger partial charge in [0.05, 0.1) is 10.6 Å². The van der Waals surface area contributed by atoms with Crippen molar-refractivity contribution in [3.8, 4) is 0 Å². The monoisotopic (exact) mass is 383 g/mol. The molecule has 1 aliphatic carbocycles. The zero-order valence-corrected chi connectivity index (χ0v) is 14.0. The van der Waals surface area contributed by atoms with E-state index in [1.807, 2.05) is 0 Å². The summed E-state index contributed by atoms with van der Waals surface area (Å²) in [6, 6.07) is 5.86. The number of pyridine rings is 1. The number of carbonyl (C=O) groups is 2. The maximum atomic E-state index is 12.9. The van der Waals surface area contributed by atoms with Gasteiger partial charge < -0.3 is 10.6 Å². The van der Waals surface area contributed by atoms with Gasteiger partial charge in [0, 0.05) is 23.5 Å². The fourth-order valence-electron chi connectivity index (χ4n) is 2.21. The van der Waals surface area contributed by atoms with Crippen LogP contribution in [0.3, 0.4) is 0 Å². The standard InChI is InChI=1S/C17H13ClF3N3O2/c18-13-4-3-11(8-12(13)17(19,20)21)24-15(25)9-5-6-22-14(7-9)16(26)23-10-1-2-10/h3-8,10H,1-2H2,(H,23,26)(H,24,25). The zero-order valence-electron chi connectivity index (χ0n) is 13.2. The summed E-state index contributed by atoms with van der Waals surface area (Å²) in [4.78, 5) is 28.2. The molecule has 2 amide bonds. The highest BCUT2D eigenvalue weighted by molar-refractivity contribution is 6.31. The molecule has 1 aliphatic rings. The predicted molar refractivity (Wildman–Crippen MR) is 89.1 cm³/mol. The molecule has 1 saturated carbocycles. The first kappa shape index (κ1) is 18.2. The fraction of sp³-hybridized carbons (Fsp3) is 0.235. The quantitative estimate of drug-likeness (QED) is 0.841. The van der Waals surface area contributed by atoms with Gasteiger partial charge in [0.2, 0.25) is 0 Å². The van der Waals surface area contributed by atoms with E-state index in [-0.39, 0.29) is 23.0 Å². The Morgan fingerprint density at radius 1 is 1.12 bits per heavy atom. The molecule has 9 heteroatoms. The summed E-state index contributed by atoms with van der Waals surface area (Å²) in [5, 5.41) is 4.64. The van der Waals surface area contributed by atoms with Gasteiger partial charge in [-0.05, 0) is 43.2 Å². The van der Waals surface area contributed by atoms with E-state index < -0.39 is 28.6 Å². The van der Waals surface area contributed by atoms with Gasteiger partial charge in [-0.25, -0.2) is 0 Å². The Labute approximate surface area is 151 Å². The Hall–Kier alpha value is -2.61. The molecule has 2 N–H and O–H groups in total. The Bertz CT molecular complexity index is 867. The Balaban J connectivity index is 1.77. The van der Waals surface area contributed by atoms with Gasteiger partial charge in [-0.3, -0.25) is 14.6 Å². The first-order chi connectivity index (χ1) is 12.2. The number of rotatable bonds is 4. The molecule has 0 unspecified atom stereocenters. The van der Waals surface area contributed by atoms with Crippen LogP contribution in [0.15, 0.2) is 36.5 Å². The molecule has 1 heterocycles. The van der Waals surface area contributed by atoms with Gasteiger partial charge in [0.25, 0.3) is 11.8 Å². The highest BCUT2D eigenvalue weighted by atomic mass is 35.5. The van der Waals surface area contributed by atoms with Crippen LogP contribution in [0, 0.1) is 0 Å². The van der Waals surface area contributed by atoms with Crippen LogP contribution < -0.4 is 10.6 Å². The Kier molecular flexibility index (Phi) is 4.86. The van der Waals surface area contributed by atoms with Crippen molar-refractivity contribution in [1.82, 2.24) is 10.3 Å². The third kappa shape index (κ3) is 4.32. The number of benzene rings is 1. The molecule has 0 bridgehead atoms. The molecule has 5 nitrogen and oxygen atoms in total. The summed E-state index contributed by atoms with van der Waals surface area (Å²) in [5.41, 5.74) is -0.940. The van der Waals surface area contributed by atoms with E-state index >= 15 is 0 Å². The van der Waals surface area contributed by atoms with Crippen LogP contribution in [0.1, 0.15) is 39.3 Å². The van der Waals surface area contributed by atoms with Gasteiger partial charge in [0.15, 0.2) is 0 Å². The smallest absolute Gasteiger partial charge is 0.348 e. The number of nitrogens with one attached hydrogen (secondary N) is 2. The molecule has 3 rings (SSSR count). The molecular formula is C17H13ClF3N3O2. The molecule has 0 spiro atoms. The second-order valence-corrected chi connectivity index (χ2v) is 6.23. The van der Waals surface area contributed by atoms with Crippen molar-refractivity contribution in [2.24, 2.45) is 0 Å². The largest absolute Gasteiger partial charge is 0.417 e. The lowest BCUT2D eigenvalue weighted by molar-refractivity contribution is -0.137. The maximum absolute atomic E-state index is 12.9. The van der Waals surface area contributed by atoms with Crippen LogP contribution in [0.4, 0.5) is 18.9 Å². The summed E-state index contributed by atoms with van der Waals surface area (Å²) in [6.07, 6.45) is -1.53. The van der Waals surface area contributed by atoms with E-state index in [1.165, 1.54) is 24.4 Å². The van der Waals surface area contributed by atoms with E-state index in [1.54, 1.807) is 0 Å². The number of hydrogen-bond acceptors (Lipinski definition) is 3. The third-order valence-corrected chi connectivity index (χ3v) is 4.03. The minimum Gasteiger partial charge on any atom is -0.348 e. The van der Waals surface area contributed by atoms with Gasteiger partial charge in [0.1, 0.15) is 5.69 Å². The topological polar surface area (TPSA) is 71.1 Å². The van der Waals surface area contributed by atoms with Crippen LogP contribution >= 0.6 is 11.6 Å². The Morgan fingerprint density at radius 2 is 1.85 bits per heavy atom. The van der Waals surface area contributed by atoms with Crippen LogP contribution in [-0.4, -0.2) is 22.8 Å². The number of aromatic nitrogens is 1.